The molecule has 2 N–H and O–H groups in total. The number of nitrogens with one attached hydrogen (secondary N) is 1. The second kappa shape index (κ2) is 5.63. The molecule has 0 aliphatic heterocycles. The molecule has 114 valence electrons. The average Bonchev–Trinajstić information content (AvgIpc) is 3.18. The number of carboxylic acid groups (broad SMARTS) is 1. The van der Waals surface area contributed by atoms with Crippen LogP contribution in [-0.2, 0) is 4.79 Å². The van der Waals surface area contributed by atoms with Gasteiger partial charge in [0.15, 0.2) is 0 Å². The van der Waals surface area contributed by atoms with Gasteiger partial charge in [0, 0.05) is 5.56 Å². The maximum Gasteiger partial charge on any atom is 0.573 e. The number of amides is 1. The van der Waals surface area contributed by atoms with E-state index in [1.807, 2.05) is 0 Å². The highest BCUT2D eigenvalue weighted by molar-refractivity contribution is 5.96. The molecule has 1 aliphatic rings. The molecule has 1 saturated carbocycles. The molecule has 1 amide bonds. The van der Waals surface area contributed by atoms with Gasteiger partial charge in [0.1, 0.15) is 11.8 Å². The fraction of sp³-hybridized carbons (Fsp3) is 0.385. The van der Waals surface area contributed by atoms with Crippen molar-refractivity contribution >= 4 is 11.9 Å². The van der Waals surface area contributed by atoms with Crippen LogP contribution in [0.25, 0.3) is 0 Å². The quantitative estimate of drug-likeness (QED) is 0.874. The van der Waals surface area contributed by atoms with E-state index in [-0.39, 0.29) is 11.5 Å². The molecule has 8 heteroatoms. The van der Waals surface area contributed by atoms with Crippen molar-refractivity contribution in [2.75, 3.05) is 0 Å². The third-order valence-corrected chi connectivity index (χ3v) is 3.00. The van der Waals surface area contributed by atoms with E-state index in [0.29, 0.717) is 0 Å². The summed E-state index contributed by atoms with van der Waals surface area (Å²) in [6, 6.07) is 3.30. The van der Waals surface area contributed by atoms with Crippen LogP contribution in [0.2, 0.25) is 0 Å². The van der Waals surface area contributed by atoms with Gasteiger partial charge in [-0.1, -0.05) is 0 Å². The molecule has 1 aromatic rings. The first kappa shape index (κ1) is 15.1. The number of carbonyl (C=O) groups is 2. The van der Waals surface area contributed by atoms with E-state index >= 15 is 0 Å². The maximum atomic E-state index is 12.0. The number of ether oxygens (including phenoxy) is 1. The van der Waals surface area contributed by atoms with Gasteiger partial charge < -0.3 is 15.2 Å². The third-order valence-electron chi connectivity index (χ3n) is 3.00. The van der Waals surface area contributed by atoms with E-state index in [1.54, 1.807) is 0 Å². The van der Waals surface area contributed by atoms with Crippen LogP contribution in [0.3, 0.4) is 0 Å². The summed E-state index contributed by atoms with van der Waals surface area (Å²) in [6.45, 7) is 0. The van der Waals surface area contributed by atoms with Gasteiger partial charge in [0.25, 0.3) is 5.91 Å². The summed E-state index contributed by atoms with van der Waals surface area (Å²) in [5.41, 5.74) is 0.0661. The lowest BCUT2D eigenvalue weighted by atomic mass is 10.1. The number of hydrogen-bond acceptors (Lipinski definition) is 3. The average molecular weight is 303 g/mol. The fourth-order valence-corrected chi connectivity index (χ4v) is 1.84. The van der Waals surface area contributed by atoms with Crippen molar-refractivity contribution in [1.29, 1.82) is 0 Å². The lowest BCUT2D eigenvalue weighted by Crippen LogP contribution is -2.42. The zero-order chi connectivity index (χ0) is 15.6. The Kier molecular flexibility index (Phi) is 4.06. The van der Waals surface area contributed by atoms with Crippen molar-refractivity contribution in [2.24, 2.45) is 5.92 Å². The van der Waals surface area contributed by atoms with Gasteiger partial charge in [-0.15, -0.1) is 13.2 Å². The smallest absolute Gasteiger partial charge is 0.480 e. The Hall–Kier alpha value is -2.25. The Morgan fingerprint density at radius 3 is 2.24 bits per heavy atom. The largest absolute Gasteiger partial charge is 0.573 e. The highest BCUT2D eigenvalue weighted by atomic mass is 19.4. The number of aliphatic carboxylic acids is 1. The Bertz CT molecular complexity index is 537. The lowest BCUT2D eigenvalue weighted by Gasteiger charge is -2.14. The highest BCUT2D eigenvalue weighted by Gasteiger charge is 2.37. The predicted molar refractivity (Wildman–Crippen MR) is 64.7 cm³/mol. The Labute approximate surface area is 117 Å². The molecule has 2 rings (SSSR count). The Morgan fingerprint density at radius 1 is 1.24 bits per heavy atom. The number of benzene rings is 1. The van der Waals surface area contributed by atoms with Crippen LogP contribution < -0.4 is 10.1 Å². The second-order valence-corrected chi connectivity index (χ2v) is 4.70. The van der Waals surface area contributed by atoms with E-state index in [4.69, 9.17) is 5.11 Å². The molecule has 21 heavy (non-hydrogen) atoms. The van der Waals surface area contributed by atoms with E-state index < -0.39 is 30.0 Å². The lowest BCUT2D eigenvalue weighted by molar-refractivity contribution is -0.274. The van der Waals surface area contributed by atoms with Crippen molar-refractivity contribution in [3.05, 3.63) is 29.8 Å². The molecule has 5 nitrogen and oxygen atoms in total. The van der Waals surface area contributed by atoms with E-state index in [0.717, 1.165) is 37.1 Å². The summed E-state index contributed by atoms with van der Waals surface area (Å²) in [6.07, 6.45) is -3.34. The zero-order valence-corrected chi connectivity index (χ0v) is 10.7. The molecule has 0 spiro atoms. The summed E-state index contributed by atoms with van der Waals surface area (Å²) in [5, 5.41) is 11.4. The van der Waals surface area contributed by atoms with Gasteiger partial charge in [-0.05, 0) is 43.0 Å². The summed E-state index contributed by atoms with van der Waals surface area (Å²) in [4.78, 5) is 22.8. The molecular formula is C13H12F3NO4. The third kappa shape index (κ3) is 4.37. The number of carbonyl (C=O) groups excluding carboxylic acids is 1. The van der Waals surface area contributed by atoms with E-state index in [2.05, 4.69) is 10.1 Å². The van der Waals surface area contributed by atoms with Crippen LogP contribution in [0.5, 0.6) is 5.75 Å². The minimum absolute atomic E-state index is 0.0661. The standard InChI is InChI=1S/C13H12F3NO4/c14-13(15,16)21-9-5-3-8(4-6-9)11(18)17-10(12(19)20)7-1-2-7/h3-7,10H,1-2H2,(H,17,18)(H,19,20). The second-order valence-electron chi connectivity index (χ2n) is 4.70. The van der Waals surface area contributed by atoms with Gasteiger partial charge in [-0.25, -0.2) is 4.79 Å². The molecule has 1 aliphatic carbocycles. The predicted octanol–water partition coefficient (Wildman–Crippen LogP) is 2.18. The normalized spacial score (nSPS) is 16.1. The van der Waals surface area contributed by atoms with Crippen LogP contribution in [0.15, 0.2) is 24.3 Å². The maximum absolute atomic E-state index is 12.0. The molecule has 1 unspecified atom stereocenters. The minimum atomic E-state index is -4.80. The number of hydrogen-bond donors (Lipinski definition) is 2. The number of alkyl halides is 3. The van der Waals surface area contributed by atoms with Gasteiger partial charge in [0.05, 0.1) is 0 Å². The fourth-order valence-electron chi connectivity index (χ4n) is 1.84. The molecule has 0 saturated heterocycles. The van der Waals surface area contributed by atoms with Crippen LogP contribution in [0.4, 0.5) is 13.2 Å². The van der Waals surface area contributed by atoms with Gasteiger partial charge in [0.2, 0.25) is 0 Å². The molecule has 1 atom stereocenters. The number of rotatable bonds is 5. The van der Waals surface area contributed by atoms with Crippen LogP contribution in [-0.4, -0.2) is 29.4 Å². The topological polar surface area (TPSA) is 75.6 Å². The molecule has 0 bridgehead atoms. The summed E-state index contributed by atoms with van der Waals surface area (Å²) >= 11 is 0. The Balaban J connectivity index is 2.01. The molecular weight excluding hydrogens is 291 g/mol. The van der Waals surface area contributed by atoms with Crippen LogP contribution >= 0.6 is 0 Å². The first-order valence-corrected chi connectivity index (χ1v) is 6.16. The van der Waals surface area contributed by atoms with Gasteiger partial charge in [-0.3, -0.25) is 4.79 Å². The van der Waals surface area contributed by atoms with Crippen molar-refractivity contribution in [3.63, 3.8) is 0 Å². The zero-order valence-electron chi connectivity index (χ0n) is 10.7. The van der Waals surface area contributed by atoms with Crippen molar-refractivity contribution in [2.45, 2.75) is 25.2 Å². The summed E-state index contributed by atoms with van der Waals surface area (Å²) in [7, 11) is 0. The Morgan fingerprint density at radius 2 is 1.81 bits per heavy atom. The SMILES string of the molecule is O=C(NC(C(=O)O)C1CC1)c1ccc(OC(F)(F)F)cc1. The first-order chi connectivity index (χ1) is 9.76. The molecule has 1 fully saturated rings. The molecule has 0 radical (unpaired) electrons. The first-order valence-electron chi connectivity index (χ1n) is 6.16. The van der Waals surface area contributed by atoms with Crippen molar-refractivity contribution in [1.82, 2.24) is 5.32 Å². The summed E-state index contributed by atoms with van der Waals surface area (Å²) < 4.78 is 39.6. The summed E-state index contributed by atoms with van der Waals surface area (Å²) in [5.74, 6) is -2.30. The molecule has 1 aromatic carbocycles. The minimum Gasteiger partial charge on any atom is -0.480 e. The monoisotopic (exact) mass is 303 g/mol. The van der Waals surface area contributed by atoms with Gasteiger partial charge in [-0.2, -0.15) is 0 Å². The number of carboxylic acids is 1. The van der Waals surface area contributed by atoms with Crippen LogP contribution in [0, 0.1) is 5.92 Å². The van der Waals surface area contributed by atoms with Crippen molar-refractivity contribution in [3.8, 4) is 5.75 Å². The van der Waals surface area contributed by atoms with Gasteiger partial charge >= 0.3 is 12.3 Å². The van der Waals surface area contributed by atoms with Crippen LogP contribution in [0.1, 0.15) is 23.2 Å². The van der Waals surface area contributed by atoms with E-state index in [9.17, 15) is 22.8 Å². The highest BCUT2D eigenvalue weighted by Crippen LogP contribution is 2.33. The van der Waals surface area contributed by atoms with E-state index in [1.165, 1.54) is 0 Å². The van der Waals surface area contributed by atoms with Crippen molar-refractivity contribution < 1.29 is 32.6 Å². The number of halogens is 3. The molecule has 0 heterocycles. The molecule has 0 aromatic heterocycles.